The van der Waals surface area contributed by atoms with Crippen LogP contribution in [0, 0.1) is 17.2 Å². The minimum atomic E-state index is -4.00. The monoisotopic (exact) mass is 840 g/mol. The number of likely N-dealkylation sites (tertiary alicyclic amines) is 1. The third kappa shape index (κ3) is 8.89. The Bertz CT molecular complexity index is 2120. The molecule has 3 fully saturated rings. The Kier molecular flexibility index (Phi) is 12.1. The minimum Gasteiger partial charge on any atom is -0.466 e. The molecule has 3 aliphatic carbocycles. The molecule has 5 aliphatic rings. The molecule has 1 aromatic rings. The van der Waals surface area contributed by atoms with Crippen molar-refractivity contribution >= 4 is 51.6 Å². The largest absolute Gasteiger partial charge is 0.466 e. The van der Waals surface area contributed by atoms with Gasteiger partial charge in [-0.2, -0.15) is 0 Å². The van der Waals surface area contributed by atoms with Gasteiger partial charge in [-0.1, -0.05) is 37.8 Å². The molecule has 2 heterocycles. The molecule has 6 amide bonds. The predicted molar refractivity (Wildman–Crippen MR) is 207 cm³/mol. The summed E-state index contributed by atoms with van der Waals surface area (Å²) < 4.78 is 52.7. The van der Waals surface area contributed by atoms with E-state index in [1.165, 1.54) is 37.3 Å². The lowest BCUT2D eigenvalue weighted by Crippen LogP contribution is -2.60. The summed E-state index contributed by atoms with van der Waals surface area (Å²) in [5.74, 6) is -5.44. The van der Waals surface area contributed by atoms with Crippen molar-refractivity contribution in [1.82, 2.24) is 30.1 Å². The zero-order valence-corrected chi connectivity index (χ0v) is 34.0. The van der Waals surface area contributed by atoms with Crippen LogP contribution in [0.15, 0.2) is 55.2 Å². The number of benzene rings is 1. The van der Waals surface area contributed by atoms with Crippen LogP contribution in [-0.2, 0) is 61.4 Å². The summed E-state index contributed by atoms with van der Waals surface area (Å²) in [6.07, 6.45) is 3.22. The zero-order chi connectivity index (χ0) is 43.0. The first kappa shape index (κ1) is 43.0. The van der Waals surface area contributed by atoms with Gasteiger partial charge >= 0.3 is 12.1 Å². The third-order valence-electron chi connectivity index (χ3n) is 11.9. The molecule has 0 aromatic heterocycles. The first-order valence-electron chi connectivity index (χ1n) is 19.3. The fraction of sp³-hybridized carbons (Fsp3) is 0.525. The number of nitrogens with zero attached hydrogens (tertiary/aromatic N) is 3. The average Bonchev–Trinajstić information content (AvgIpc) is 4.10. The van der Waals surface area contributed by atoms with Gasteiger partial charge in [-0.15, -0.1) is 6.58 Å². The number of carbonyl (C=O) groups is 7. The molecule has 1 saturated heterocycles. The number of methoxy groups -OCH3 is 1. The summed E-state index contributed by atoms with van der Waals surface area (Å²) in [6, 6.07) is 1.62. The number of amides is 6. The fourth-order valence-electron chi connectivity index (χ4n) is 7.84. The Morgan fingerprint density at radius 2 is 1.83 bits per heavy atom. The van der Waals surface area contributed by atoms with E-state index in [-0.39, 0.29) is 58.3 Å². The van der Waals surface area contributed by atoms with Gasteiger partial charge in [0.15, 0.2) is 0 Å². The summed E-state index contributed by atoms with van der Waals surface area (Å²) in [6.45, 7) is 8.13. The van der Waals surface area contributed by atoms with Gasteiger partial charge in [0, 0.05) is 43.6 Å². The molecule has 0 bridgehead atoms. The van der Waals surface area contributed by atoms with Gasteiger partial charge in [-0.25, -0.2) is 22.4 Å². The van der Waals surface area contributed by atoms with E-state index in [1.807, 2.05) is 0 Å². The molecule has 59 heavy (non-hydrogen) atoms. The second-order valence-corrected chi connectivity index (χ2v) is 18.1. The quantitative estimate of drug-likeness (QED) is 0.138. The number of fused-ring (bicyclic) bond motifs is 1. The van der Waals surface area contributed by atoms with Gasteiger partial charge in [0.2, 0.25) is 33.7 Å². The highest BCUT2D eigenvalue weighted by Crippen LogP contribution is 2.45. The van der Waals surface area contributed by atoms with Crippen molar-refractivity contribution in [3.63, 3.8) is 0 Å². The first-order chi connectivity index (χ1) is 27.9. The van der Waals surface area contributed by atoms with Crippen molar-refractivity contribution in [3.05, 3.63) is 72.1 Å². The van der Waals surface area contributed by atoms with Crippen LogP contribution in [0.1, 0.15) is 63.0 Å². The van der Waals surface area contributed by atoms with E-state index in [4.69, 9.17) is 9.47 Å². The smallest absolute Gasteiger partial charge is 0.410 e. The Balaban J connectivity index is 1.26. The van der Waals surface area contributed by atoms with E-state index in [0.717, 1.165) is 15.9 Å². The minimum absolute atomic E-state index is 0.0251. The summed E-state index contributed by atoms with van der Waals surface area (Å²) in [5.41, 5.74) is -1.46. The Labute approximate surface area is 341 Å². The molecular weight excluding hydrogens is 792 g/mol. The summed E-state index contributed by atoms with van der Waals surface area (Å²) in [5, 5.41) is 4.69. The predicted octanol–water partition coefficient (Wildman–Crippen LogP) is 1.34. The number of rotatable bonds is 14. The third-order valence-corrected chi connectivity index (χ3v) is 13.7. The van der Waals surface area contributed by atoms with E-state index in [9.17, 15) is 46.4 Å². The molecule has 19 heteroatoms. The SMILES string of the molecule is C=CC(=O)N(C)CC(NC(=O)C1(C)CC=C(C(=O)OC)CC1)C(=O)N1CC(OC(=O)N2Cc3cccc(F)c3C2)C[C@H]1C(=O)N[C@]1(C(=O)NS(=O)(=O)C2CC2)C[C@H]1C=C. The fourth-order valence-corrected chi connectivity index (χ4v) is 9.21. The van der Waals surface area contributed by atoms with Crippen LogP contribution >= 0.6 is 0 Å². The maximum atomic E-state index is 14.7. The van der Waals surface area contributed by atoms with E-state index in [2.05, 4.69) is 28.5 Å². The van der Waals surface area contributed by atoms with E-state index in [1.54, 1.807) is 19.1 Å². The van der Waals surface area contributed by atoms with E-state index in [0.29, 0.717) is 29.5 Å². The molecule has 0 spiro atoms. The topological polar surface area (TPSA) is 218 Å². The number of hydrogen-bond acceptors (Lipinski definition) is 11. The van der Waals surface area contributed by atoms with Crippen molar-refractivity contribution in [1.29, 1.82) is 0 Å². The molecule has 3 N–H and O–H groups in total. The Hall–Kier alpha value is -5.59. The molecular formula is C40H49FN6O11S. The lowest BCUT2D eigenvalue weighted by molar-refractivity contribution is -0.144. The van der Waals surface area contributed by atoms with Gasteiger partial charge in [0.1, 0.15) is 29.5 Å². The Morgan fingerprint density at radius 1 is 1.10 bits per heavy atom. The average molecular weight is 841 g/mol. The molecule has 0 radical (unpaired) electrons. The Morgan fingerprint density at radius 3 is 2.42 bits per heavy atom. The van der Waals surface area contributed by atoms with Crippen LogP contribution in [0.3, 0.4) is 0 Å². The maximum absolute atomic E-state index is 14.7. The molecule has 2 saturated carbocycles. The van der Waals surface area contributed by atoms with Crippen LogP contribution in [-0.4, -0.2) is 121 Å². The number of nitrogens with one attached hydrogen (secondary N) is 3. The van der Waals surface area contributed by atoms with Gasteiger partial charge < -0.3 is 29.9 Å². The lowest BCUT2D eigenvalue weighted by atomic mass is 9.75. The van der Waals surface area contributed by atoms with Crippen LogP contribution in [0.25, 0.3) is 0 Å². The van der Waals surface area contributed by atoms with Crippen molar-refractivity contribution in [2.75, 3.05) is 27.2 Å². The highest BCUT2D eigenvalue weighted by molar-refractivity contribution is 7.91. The highest BCUT2D eigenvalue weighted by atomic mass is 32.2. The van der Waals surface area contributed by atoms with Crippen LogP contribution in [0.4, 0.5) is 9.18 Å². The van der Waals surface area contributed by atoms with Crippen LogP contribution < -0.4 is 15.4 Å². The number of carbonyl (C=O) groups excluding carboxylic acids is 7. The lowest BCUT2D eigenvalue weighted by Gasteiger charge is -2.35. The van der Waals surface area contributed by atoms with Gasteiger partial charge in [0.05, 0.1) is 30.9 Å². The number of halogens is 1. The van der Waals surface area contributed by atoms with E-state index < -0.39 is 97.7 Å². The number of sulfonamides is 1. The molecule has 2 aliphatic heterocycles. The maximum Gasteiger partial charge on any atom is 0.410 e. The summed E-state index contributed by atoms with van der Waals surface area (Å²) >= 11 is 0. The number of allylic oxidation sites excluding steroid dienone is 1. The van der Waals surface area contributed by atoms with Gasteiger partial charge in [-0.3, -0.25) is 33.6 Å². The van der Waals surface area contributed by atoms with E-state index >= 15 is 0 Å². The first-order valence-corrected chi connectivity index (χ1v) is 20.9. The summed E-state index contributed by atoms with van der Waals surface area (Å²) in [7, 11) is -1.36. The number of ether oxygens (including phenoxy) is 2. The highest BCUT2D eigenvalue weighted by Gasteiger charge is 2.62. The van der Waals surface area contributed by atoms with Crippen molar-refractivity contribution in [3.8, 4) is 0 Å². The number of hydrogen-bond donors (Lipinski definition) is 3. The molecule has 6 atom stereocenters. The zero-order valence-electron chi connectivity index (χ0n) is 33.2. The molecule has 3 unspecified atom stereocenters. The van der Waals surface area contributed by atoms with Gasteiger partial charge in [-0.05, 0) is 56.2 Å². The molecule has 318 valence electrons. The normalized spacial score (nSPS) is 26.3. The van der Waals surface area contributed by atoms with Crippen molar-refractivity contribution in [2.24, 2.45) is 11.3 Å². The summed E-state index contributed by atoms with van der Waals surface area (Å²) in [4.78, 5) is 98.3. The number of likely N-dealkylation sites (N-methyl/N-ethyl adjacent to an activating group) is 1. The van der Waals surface area contributed by atoms with Crippen LogP contribution in [0.2, 0.25) is 0 Å². The van der Waals surface area contributed by atoms with Crippen LogP contribution in [0.5, 0.6) is 0 Å². The van der Waals surface area contributed by atoms with Crippen molar-refractivity contribution < 1.29 is 55.8 Å². The van der Waals surface area contributed by atoms with Gasteiger partial charge in [0.25, 0.3) is 5.91 Å². The second kappa shape index (κ2) is 16.6. The number of esters is 1. The van der Waals surface area contributed by atoms with Crippen molar-refractivity contribution in [2.45, 2.75) is 93.9 Å². The molecule has 6 rings (SSSR count). The standard InChI is InChI=1S/C40H49FN6O11S/c1-6-25-18-40(25,37(53)44-59(55,56)27-11-12-27)43-33(49)31-17-26(58-38(54)46-19-24-9-8-10-29(41)28(24)21-46)20-47(31)34(50)30(22-45(4)32(48)7-2)42-36(52)39(3)15-13-23(14-16-39)35(51)57-5/h6-10,13,25-27,30-31H,1-2,11-12,14-22H2,3-5H3,(H,42,52)(H,43,49)(H,44,53)/t25-,26?,30?,31+,39?,40-/m1/s1. The molecule has 1 aromatic carbocycles. The molecule has 17 nitrogen and oxygen atoms in total. The second-order valence-electron chi connectivity index (χ2n) is 16.1.